The summed E-state index contributed by atoms with van der Waals surface area (Å²) in [6.07, 6.45) is 8.42. The van der Waals surface area contributed by atoms with E-state index in [1.54, 1.807) is 25.3 Å². The van der Waals surface area contributed by atoms with Crippen molar-refractivity contribution in [2.75, 3.05) is 7.11 Å². The highest BCUT2D eigenvalue weighted by atomic mass is 19.1. The Hall–Kier alpha value is -4.19. The zero-order valence-electron chi connectivity index (χ0n) is 19.3. The normalized spacial score (nSPS) is 14.4. The molecule has 4 aromatic rings. The monoisotopic (exact) mass is 468 g/mol. The molecule has 35 heavy (non-hydrogen) atoms. The predicted octanol–water partition coefficient (Wildman–Crippen LogP) is 6.66. The fourth-order valence-electron chi connectivity index (χ4n) is 4.53. The van der Waals surface area contributed by atoms with Crippen LogP contribution in [-0.2, 0) is 4.79 Å². The highest BCUT2D eigenvalue weighted by Crippen LogP contribution is 2.39. The van der Waals surface area contributed by atoms with Crippen LogP contribution in [0.2, 0.25) is 0 Å². The standard InChI is InChI=1S/C29H25FN2O3/c1-35-26-7-3-6-21(13-15-27(33)34)28(26)23(22-12-14-25-24(17-22)29(30)32-31-25)16-18-8-10-20(11-9-18)19-4-2-5-19/h3,6-17,19H,2,4-5H2,1H3,(H,31,32)(H,33,34)/b15-13+,23-16-. The van der Waals surface area contributed by atoms with E-state index in [1.165, 1.54) is 24.8 Å². The number of benzene rings is 3. The van der Waals surface area contributed by atoms with E-state index in [0.717, 1.165) is 28.3 Å². The van der Waals surface area contributed by atoms with Gasteiger partial charge in [0.2, 0.25) is 5.95 Å². The third-order valence-corrected chi connectivity index (χ3v) is 6.60. The summed E-state index contributed by atoms with van der Waals surface area (Å²) in [6, 6.07) is 19.4. The molecule has 0 amide bonds. The predicted molar refractivity (Wildman–Crippen MR) is 136 cm³/mol. The van der Waals surface area contributed by atoms with Crippen molar-refractivity contribution in [3.63, 3.8) is 0 Å². The SMILES string of the molecule is COc1cccc(/C=C/C(=O)O)c1/C(=C\c1ccc(C2CCC2)cc1)c1ccc2n[nH]c(F)c2c1. The quantitative estimate of drug-likeness (QED) is 0.235. The molecule has 1 aliphatic carbocycles. The molecule has 2 N–H and O–H groups in total. The number of halogens is 1. The number of fused-ring (bicyclic) bond motifs is 1. The third kappa shape index (κ3) is 4.60. The molecular formula is C29H25FN2O3. The molecule has 0 radical (unpaired) electrons. The topological polar surface area (TPSA) is 75.2 Å². The van der Waals surface area contributed by atoms with Crippen molar-refractivity contribution >= 4 is 34.6 Å². The zero-order valence-corrected chi connectivity index (χ0v) is 19.3. The fourth-order valence-corrected chi connectivity index (χ4v) is 4.53. The molecule has 0 atom stereocenters. The van der Waals surface area contributed by atoms with Crippen LogP contribution in [0.5, 0.6) is 5.75 Å². The summed E-state index contributed by atoms with van der Waals surface area (Å²) in [6.45, 7) is 0. The van der Waals surface area contributed by atoms with E-state index >= 15 is 0 Å². The highest BCUT2D eigenvalue weighted by molar-refractivity contribution is 5.99. The summed E-state index contributed by atoms with van der Waals surface area (Å²) < 4.78 is 20.1. The van der Waals surface area contributed by atoms with Crippen LogP contribution in [-0.4, -0.2) is 28.4 Å². The van der Waals surface area contributed by atoms with Gasteiger partial charge >= 0.3 is 5.97 Å². The van der Waals surface area contributed by atoms with Crippen molar-refractivity contribution in [1.29, 1.82) is 0 Å². The number of methoxy groups -OCH3 is 1. The lowest BCUT2D eigenvalue weighted by Gasteiger charge is -2.25. The van der Waals surface area contributed by atoms with Crippen molar-refractivity contribution in [3.8, 4) is 5.75 Å². The molecule has 176 valence electrons. The molecule has 3 aromatic carbocycles. The van der Waals surface area contributed by atoms with Gasteiger partial charge in [0.05, 0.1) is 18.0 Å². The van der Waals surface area contributed by atoms with Gasteiger partial charge in [-0.15, -0.1) is 0 Å². The number of aromatic nitrogens is 2. The van der Waals surface area contributed by atoms with Crippen LogP contribution in [0, 0.1) is 5.95 Å². The second kappa shape index (κ2) is 9.58. The van der Waals surface area contributed by atoms with Crippen LogP contribution >= 0.6 is 0 Å². The molecule has 1 fully saturated rings. The molecule has 0 bridgehead atoms. The number of hydrogen-bond donors (Lipinski definition) is 2. The van der Waals surface area contributed by atoms with Gasteiger partial charge in [-0.05, 0) is 76.9 Å². The number of hydrogen-bond acceptors (Lipinski definition) is 3. The Balaban J connectivity index is 1.70. The van der Waals surface area contributed by atoms with E-state index < -0.39 is 11.9 Å². The van der Waals surface area contributed by atoms with Gasteiger partial charge in [-0.25, -0.2) is 4.79 Å². The van der Waals surface area contributed by atoms with E-state index in [1.807, 2.05) is 30.3 Å². The summed E-state index contributed by atoms with van der Waals surface area (Å²) in [5.74, 6) is -0.321. The number of aliphatic carboxylic acids is 1. The number of rotatable bonds is 7. The van der Waals surface area contributed by atoms with Crippen LogP contribution < -0.4 is 4.74 Å². The van der Waals surface area contributed by atoms with Gasteiger partial charge in [0.15, 0.2) is 0 Å². The molecule has 6 heteroatoms. The Labute approximate surface area is 202 Å². The number of carbonyl (C=O) groups is 1. The number of aromatic amines is 1. The molecule has 0 unspecified atom stereocenters. The molecule has 0 spiro atoms. The maximum absolute atomic E-state index is 14.4. The van der Waals surface area contributed by atoms with Crippen molar-refractivity contribution in [2.24, 2.45) is 0 Å². The van der Waals surface area contributed by atoms with E-state index in [2.05, 4.69) is 34.5 Å². The first-order valence-corrected chi connectivity index (χ1v) is 11.6. The molecule has 1 aliphatic rings. The Morgan fingerprint density at radius 3 is 2.63 bits per heavy atom. The van der Waals surface area contributed by atoms with Crippen molar-refractivity contribution in [2.45, 2.75) is 25.2 Å². The molecule has 0 saturated heterocycles. The minimum Gasteiger partial charge on any atom is -0.496 e. The average molecular weight is 469 g/mol. The van der Waals surface area contributed by atoms with E-state index in [4.69, 9.17) is 4.74 Å². The first-order valence-electron chi connectivity index (χ1n) is 11.6. The molecule has 5 rings (SSSR count). The Bertz CT molecular complexity index is 1450. The van der Waals surface area contributed by atoms with Gasteiger partial charge in [0.1, 0.15) is 5.75 Å². The van der Waals surface area contributed by atoms with E-state index in [0.29, 0.717) is 28.1 Å². The first kappa shape index (κ1) is 22.6. The maximum atomic E-state index is 14.4. The van der Waals surface area contributed by atoms with Crippen LogP contribution in [0.1, 0.15) is 53.0 Å². The summed E-state index contributed by atoms with van der Waals surface area (Å²) >= 11 is 0. The van der Waals surface area contributed by atoms with Crippen LogP contribution in [0.4, 0.5) is 4.39 Å². The summed E-state index contributed by atoms with van der Waals surface area (Å²) in [5, 5.41) is 16.0. The molecular weight excluding hydrogens is 443 g/mol. The average Bonchev–Trinajstić information content (AvgIpc) is 3.21. The number of H-pyrrole nitrogens is 1. The Morgan fingerprint density at radius 2 is 1.94 bits per heavy atom. The number of ether oxygens (including phenoxy) is 1. The van der Waals surface area contributed by atoms with E-state index in [9.17, 15) is 14.3 Å². The largest absolute Gasteiger partial charge is 0.496 e. The van der Waals surface area contributed by atoms with Crippen LogP contribution in [0.15, 0.2) is 66.7 Å². The van der Waals surface area contributed by atoms with Crippen molar-refractivity contribution in [1.82, 2.24) is 10.2 Å². The number of carboxylic acids is 1. The molecule has 5 nitrogen and oxygen atoms in total. The van der Waals surface area contributed by atoms with Gasteiger partial charge in [-0.3, -0.25) is 5.10 Å². The lowest BCUT2D eigenvalue weighted by molar-refractivity contribution is -0.131. The third-order valence-electron chi connectivity index (χ3n) is 6.60. The smallest absolute Gasteiger partial charge is 0.328 e. The summed E-state index contributed by atoms with van der Waals surface area (Å²) in [5.41, 5.74) is 5.80. The lowest BCUT2D eigenvalue weighted by atomic mass is 9.80. The Kier molecular flexibility index (Phi) is 6.19. The summed E-state index contributed by atoms with van der Waals surface area (Å²) in [7, 11) is 1.58. The molecule has 1 aromatic heterocycles. The number of nitrogens with zero attached hydrogens (tertiary/aromatic N) is 1. The molecule has 1 heterocycles. The van der Waals surface area contributed by atoms with Gasteiger partial charge in [-0.2, -0.15) is 9.49 Å². The van der Waals surface area contributed by atoms with Gasteiger partial charge in [0.25, 0.3) is 0 Å². The van der Waals surface area contributed by atoms with Gasteiger partial charge < -0.3 is 9.84 Å². The molecule has 1 saturated carbocycles. The highest BCUT2D eigenvalue weighted by Gasteiger charge is 2.20. The van der Waals surface area contributed by atoms with Gasteiger partial charge in [-0.1, -0.05) is 48.9 Å². The van der Waals surface area contributed by atoms with Gasteiger partial charge in [0, 0.05) is 11.6 Å². The second-order valence-electron chi connectivity index (χ2n) is 8.72. The second-order valence-corrected chi connectivity index (χ2v) is 8.72. The van der Waals surface area contributed by atoms with Crippen molar-refractivity contribution in [3.05, 3.63) is 101 Å². The fraction of sp³-hybridized carbons (Fsp3) is 0.172. The number of nitrogens with one attached hydrogen (secondary N) is 1. The van der Waals surface area contributed by atoms with Crippen molar-refractivity contribution < 1.29 is 19.0 Å². The summed E-state index contributed by atoms with van der Waals surface area (Å²) in [4.78, 5) is 11.3. The van der Waals surface area contributed by atoms with E-state index in [-0.39, 0.29) is 0 Å². The minimum absolute atomic E-state index is 0.381. The Morgan fingerprint density at radius 1 is 1.14 bits per heavy atom. The minimum atomic E-state index is -1.04. The molecule has 0 aliphatic heterocycles. The van der Waals surface area contributed by atoms with Crippen LogP contribution in [0.3, 0.4) is 0 Å². The van der Waals surface area contributed by atoms with Crippen LogP contribution in [0.25, 0.3) is 28.6 Å². The zero-order chi connectivity index (χ0) is 24.4. The first-order chi connectivity index (χ1) is 17.0. The lowest BCUT2D eigenvalue weighted by Crippen LogP contribution is -2.08. The maximum Gasteiger partial charge on any atom is 0.328 e. The number of carboxylic acid groups (broad SMARTS) is 1.